The molecule has 0 radical (unpaired) electrons. The predicted octanol–water partition coefficient (Wildman–Crippen LogP) is 2.61. The number of amides is 1. The monoisotopic (exact) mass is 304 g/mol. The average molecular weight is 304 g/mol. The van der Waals surface area contributed by atoms with Gasteiger partial charge in [0, 0.05) is 19.5 Å². The largest absolute Gasteiger partial charge is 0.494 e. The molecule has 0 bridgehead atoms. The summed E-state index contributed by atoms with van der Waals surface area (Å²) < 4.78 is 5.71. The molecule has 1 aromatic rings. The van der Waals surface area contributed by atoms with Gasteiger partial charge >= 0.3 is 0 Å². The maximum absolute atomic E-state index is 12.1. The molecule has 0 aromatic heterocycles. The van der Waals surface area contributed by atoms with Gasteiger partial charge < -0.3 is 15.0 Å². The lowest BCUT2D eigenvalue weighted by Crippen LogP contribution is -2.30. The van der Waals surface area contributed by atoms with Gasteiger partial charge in [-0.05, 0) is 63.4 Å². The van der Waals surface area contributed by atoms with Crippen molar-refractivity contribution in [3.05, 3.63) is 29.8 Å². The molecular formula is C18H28N2O2. The molecule has 22 heavy (non-hydrogen) atoms. The molecule has 0 saturated carbocycles. The highest BCUT2D eigenvalue weighted by molar-refractivity contribution is 5.76. The minimum absolute atomic E-state index is 0.300. The van der Waals surface area contributed by atoms with Crippen LogP contribution < -0.4 is 10.1 Å². The quantitative estimate of drug-likeness (QED) is 0.751. The third-order valence-corrected chi connectivity index (χ3v) is 4.17. The number of carbonyl (C=O) groups excluding carboxylic acids is 1. The molecule has 1 heterocycles. The summed E-state index contributed by atoms with van der Waals surface area (Å²) in [6.07, 6.45) is 3.60. The zero-order chi connectivity index (χ0) is 15.8. The number of ether oxygens (including phenoxy) is 1. The third-order valence-electron chi connectivity index (χ3n) is 4.17. The van der Waals surface area contributed by atoms with E-state index in [0.29, 0.717) is 24.9 Å². The molecule has 0 spiro atoms. The van der Waals surface area contributed by atoms with Crippen molar-refractivity contribution in [2.24, 2.45) is 5.92 Å². The van der Waals surface area contributed by atoms with Crippen molar-refractivity contribution in [1.82, 2.24) is 10.2 Å². The number of hydrogen-bond acceptors (Lipinski definition) is 3. The lowest BCUT2D eigenvalue weighted by atomic mass is 10.1. The summed E-state index contributed by atoms with van der Waals surface area (Å²) in [6.45, 7) is 5.58. The van der Waals surface area contributed by atoms with Crippen LogP contribution in [0.25, 0.3) is 0 Å². The fourth-order valence-electron chi connectivity index (χ4n) is 2.95. The Bertz CT molecular complexity index is 476. The van der Waals surface area contributed by atoms with Crippen LogP contribution in [0.4, 0.5) is 0 Å². The maximum atomic E-state index is 12.1. The van der Waals surface area contributed by atoms with Crippen LogP contribution in [-0.2, 0) is 4.79 Å². The Hall–Kier alpha value is -1.55. The summed E-state index contributed by atoms with van der Waals surface area (Å²) in [7, 11) is 1.97. The average Bonchev–Trinajstić information content (AvgIpc) is 2.96. The van der Waals surface area contributed by atoms with Crippen molar-refractivity contribution in [1.29, 1.82) is 0 Å². The normalized spacial score (nSPS) is 17.7. The number of benzene rings is 1. The van der Waals surface area contributed by atoms with Crippen LogP contribution >= 0.6 is 0 Å². The maximum Gasteiger partial charge on any atom is 0.222 e. The lowest BCUT2D eigenvalue weighted by molar-refractivity contribution is -0.130. The Morgan fingerprint density at radius 1 is 1.41 bits per heavy atom. The highest BCUT2D eigenvalue weighted by Crippen LogP contribution is 2.17. The molecule has 1 aliphatic rings. The lowest BCUT2D eigenvalue weighted by Gasteiger charge is -2.16. The second-order valence-corrected chi connectivity index (χ2v) is 6.17. The van der Waals surface area contributed by atoms with Gasteiger partial charge in [-0.15, -0.1) is 0 Å². The number of hydrogen-bond donors (Lipinski definition) is 1. The zero-order valence-electron chi connectivity index (χ0n) is 13.8. The van der Waals surface area contributed by atoms with Gasteiger partial charge in [0.05, 0.1) is 6.61 Å². The van der Waals surface area contributed by atoms with Gasteiger partial charge in [-0.3, -0.25) is 4.79 Å². The molecule has 1 unspecified atom stereocenters. The second kappa shape index (κ2) is 8.79. The van der Waals surface area contributed by atoms with Crippen LogP contribution in [-0.4, -0.2) is 44.1 Å². The number of nitrogens with one attached hydrogen (secondary N) is 1. The fraction of sp³-hybridized carbons (Fsp3) is 0.611. The third kappa shape index (κ3) is 5.34. The van der Waals surface area contributed by atoms with Crippen molar-refractivity contribution in [3.63, 3.8) is 0 Å². The molecule has 1 aromatic carbocycles. The summed E-state index contributed by atoms with van der Waals surface area (Å²) >= 11 is 0. The standard InChI is InChI=1S/C18H28N2O2/c1-15-6-5-7-17(12-15)22-11-4-3-8-18(21)20-10-9-16(14-20)13-19-2/h5-7,12,16,19H,3-4,8-11,13-14H2,1-2H3. The Labute approximate surface area is 133 Å². The zero-order valence-corrected chi connectivity index (χ0v) is 13.8. The van der Waals surface area contributed by atoms with E-state index in [9.17, 15) is 4.79 Å². The van der Waals surface area contributed by atoms with Crippen molar-refractivity contribution >= 4 is 5.91 Å². The molecule has 1 N–H and O–H groups in total. The van der Waals surface area contributed by atoms with E-state index in [4.69, 9.17) is 4.74 Å². The second-order valence-electron chi connectivity index (χ2n) is 6.17. The SMILES string of the molecule is CNCC1CCN(C(=O)CCCCOc2cccc(C)c2)C1. The first-order valence-electron chi connectivity index (χ1n) is 8.31. The smallest absolute Gasteiger partial charge is 0.222 e. The molecule has 0 aliphatic carbocycles. The van der Waals surface area contributed by atoms with Gasteiger partial charge in [0.2, 0.25) is 5.91 Å². The highest BCUT2D eigenvalue weighted by Gasteiger charge is 2.24. The van der Waals surface area contributed by atoms with E-state index >= 15 is 0 Å². The molecular weight excluding hydrogens is 276 g/mol. The number of rotatable bonds is 8. The van der Waals surface area contributed by atoms with Gasteiger partial charge in [0.1, 0.15) is 5.75 Å². The number of nitrogens with zero attached hydrogens (tertiary/aromatic N) is 1. The number of likely N-dealkylation sites (tertiary alicyclic amines) is 1. The van der Waals surface area contributed by atoms with E-state index in [-0.39, 0.29) is 0 Å². The van der Waals surface area contributed by atoms with Crippen molar-refractivity contribution < 1.29 is 9.53 Å². The first kappa shape index (κ1) is 16.8. The van der Waals surface area contributed by atoms with Crippen molar-refractivity contribution in [2.75, 3.05) is 33.3 Å². The molecule has 122 valence electrons. The molecule has 4 heteroatoms. The Morgan fingerprint density at radius 3 is 3.05 bits per heavy atom. The first-order valence-corrected chi connectivity index (χ1v) is 8.31. The topological polar surface area (TPSA) is 41.6 Å². The van der Waals surface area contributed by atoms with E-state index in [2.05, 4.69) is 18.3 Å². The fourth-order valence-corrected chi connectivity index (χ4v) is 2.95. The minimum Gasteiger partial charge on any atom is -0.494 e. The van der Waals surface area contributed by atoms with E-state index < -0.39 is 0 Å². The highest BCUT2D eigenvalue weighted by atomic mass is 16.5. The molecule has 1 fully saturated rings. The van der Waals surface area contributed by atoms with E-state index in [1.54, 1.807) is 0 Å². The summed E-state index contributed by atoms with van der Waals surface area (Å²) in [5.74, 6) is 1.84. The molecule has 2 rings (SSSR count). The summed E-state index contributed by atoms with van der Waals surface area (Å²) in [5, 5.41) is 3.19. The molecule has 1 amide bonds. The Balaban J connectivity index is 1.58. The molecule has 4 nitrogen and oxygen atoms in total. The van der Waals surface area contributed by atoms with Gasteiger partial charge in [0.15, 0.2) is 0 Å². The molecule has 1 aliphatic heterocycles. The van der Waals surface area contributed by atoms with Crippen LogP contribution in [0, 0.1) is 12.8 Å². The summed E-state index contributed by atoms with van der Waals surface area (Å²) in [4.78, 5) is 14.2. The van der Waals surface area contributed by atoms with E-state index in [1.165, 1.54) is 5.56 Å². The Morgan fingerprint density at radius 2 is 2.27 bits per heavy atom. The van der Waals surface area contributed by atoms with Crippen LogP contribution in [0.3, 0.4) is 0 Å². The van der Waals surface area contributed by atoms with Gasteiger partial charge in [-0.25, -0.2) is 0 Å². The van der Waals surface area contributed by atoms with Gasteiger partial charge in [0.25, 0.3) is 0 Å². The number of carbonyl (C=O) groups is 1. The first-order chi connectivity index (χ1) is 10.7. The van der Waals surface area contributed by atoms with Crippen LogP contribution in [0.5, 0.6) is 5.75 Å². The van der Waals surface area contributed by atoms with E-state index in [1.807, 2.05) is 30.1 Å². The van der Waals surface area contributed by atoms with Crippen LogP contribution in [0.1, 0.15) is 31.2 Å². The summed E-state index contributed by atoms with van der Waals surface area (Å²) in [5.41, 5.74) is 1.21. The van der Waals surface area contributed by atoms with Crippen molar-refractivity contribution in [3.8, 4) is 5.75 Å². The summed E-state index contributed by atoms with van der Waals surface area (Å²) in [6, 6.07) is 8.08. The minimum atomic E-state index is 0.300. The predicted molar refractivity (Wildman–Crippen MR) is 89.1 cm³/mol. The van der Waals surface area contributed by atoms with Gasteiger partial charge in [-0.2, -0.15) is 0 Å². The van der Waals surface area contributed by atoms with E-state index in [0.717, 1.165) is 44.6 Å². The van der Waals surface area contributed by atoms with Crippen LogP contribution in [0.2, 0.25) is 0 Å². The number of aryl methyl sites for hydroxylation is 1. The van der Waals surface area contributed by atoms with Gasteiger partial charge in [-0.1, -0.05) is 12.1 Å². The van der Waals surface area contributed by atoms with Crippen LogP contribution in [0.15, 0.2) is 24.3 Å². The number of unbranched alkanes of at least 4 members (excludes halogenated alkanes) is 1. The molecule has 1 saturated heterocycles. The van der Waals surface area contributed by atoms with Crippen molar-refractivity contribution in [2.45, 2.75) is 32.6 Å². The Kier molecular flexibility index (Phi) is 6.72. The molecule has 1 atom stereocenters.